The van der Waals surface area contributed by atoms with Gasteiger partial charge in [-0.05, 0) is 134 Å². The van der Waals surface area contributed by atoms with Crippen molar-refractivity contribution in [2.75, 3.05) is 9.80 Å². The number of rotatable bonds is 6. The zero-order chi connectivity index (χ0) is 65.7. The lowest BCUT2D eigenvalue weighted by molar-refractivity contribution is 0.486. The first-order chi connectivity index (χ1) is 47.9. The number of ether oxygens (including phenoxy) is 1. The summed E-state index contributed by atoms with van der Waals surface area (Å²) in [6.07, 6.45) is 0. The van der Waals surface area contributed by atoms with Gasteiger partial charge in [0.15, 0.2) is 0 Å². The van der Waals surface area contributed by atoms with E-state index in [0.717, 1.165) is 135 Å². The summed E-state index contributed by atoms with van der Waals surface area (Å²) in [5, 5.41) is 4.84. The van der Waals surface area contributed by atoms with Crippen molar-refractivity contribution in [1.82, 2.24) is 9.13 Å². The van der Waals surface area contributed by atoms with Gasteiger partial charge in [0.05, 0.1) is 39.1 Å². The van der Waals surface area contributed by atoms with E-state index < -0.39 is 0 Å². The molecule has 0 bridgehead atoms. The number of hydrogen-bond acceptors (Lipinski definition) is 3. The molecule has 0 spiro atoms. The zero-order valence-electron chi connectivity index (χ0n) is 55.7. The van der Waals surface area contributed by atoms with E-state index >= 15 is 0 Å². The van der Waals surface area contributed by atoms with E-state index in [9.17, 15) is 0 Å². The molecule has 5 nitrogen and oxygen atoms in total. The predicted molar refractivity (Wildman–Crippen MR) is 414 cm³/mol. The molecule has 0 fully saturated rings. The van der Waals surface area contributed by atoms with Crippen LogP contribution in [0, 0.1) is 0 Å². The Morgan fingerprint density at radius 3 is 1.18 bits per heavy atom. The quantitative estimate of drug-likeness (QED) is 0.155. The Morgan fingerprint density at radius 2 is 0.663 bits per heavy atom. The molecule has 466 valence electrons. The normalized spacial score (nSPS) is 13.0. The van der Waals surface area contributed by atoms with E-state index in [0.29, 0.717) is 0 Å². The van der Waals surface area contributed by atoms with Crippen molar-refractivity contribution >= 4 is 101 Å². The van der Waals surface area contributed by atoms with Crippen molar-refractivity contribution < 1.29 is 4.74 Å². The zero-order valence-corrected chi connectivity index (χ0v) is 55.7. The average molecular weight is 1260 g/mol. The topological polar surface area (TPSA) is 25.6 Å². The van der Waals surface area contributed by atoms with Crippen molar-refractivity contribution in [3.8, 4) is 78.5 Å². The van der Waals surface area contributed by atoms with Gasteiger partial charge in [0.2, 0.25) is 0 Å². The lowest BCUT2D eigenvalue weighted by Gasteiger charge is -2.47. The Kier molecular flexibility index (Phi) is 12.8. The number of fused-ring (bicyclic) bond motifs is 16. The van der Waals surface area contributed by atoms with Gasteiger partial charge in [-0.3, -0.25) is 0 Å². The minimum absolute atomic E-state index is 0.211. The van der Waals surface area contributed by atoms with Crippen LogP contribution in [0.25, 0.3) is 111 Å². The number of nitrogens with zero attached hydrogens (tertiary/aromatic N) is 4. The number of hydrogen-bond donors (Lipinski definition) is 0. The smallest absolute Gasteiger partial charge is 0.252 e. The van der Waals surface area contributed by atoms with Gasteiger partial charge in [-0.1, -0.05) is 272 Å². The van der Waals surface area contributed by atoms with Crippen LogP contribution in [0.1, 0.15) is 52.7 Å². The van der Waals surface area contributed by atoms with E-state index in [4.69, 9.17) is 4.74 Å². The standard InChI is InChI=1S/C92H69BN4O/c1-91(2,3)61-51-73(59-31-12-8-13-32-59)89(74(52-61)60-33-14-9-15-34-60)96-82-55-63(94-78-43-22-16-35-66(78)67-36-17-23-44-79(67)94)49-50-76(82)93-77-54-62(92(4,5)6)53-75-71-40-21-27-48-86(71)98-85-47-26-20-39-70(85)72-42-28-41-65(58-29-10-7-11-30-58)88(72)97(90(75)77)84-57-64(56-83(96)87(84)93)95-80-45-24-18-37-68(80)69-38-19-25-46-81(69)95/h7-57H,1-6H3. The molecule has 0 aliphatic carbocycles. The highest BCUT2D eigenvalue weighted by molar-refractivity contribution is 7.00. The molecule has 0 radical (unpaired) electrons. The van der Waals surface area contributed by atoms with Crippen LogP contribution in [0.5, 0.6) is 11.5 Å². The summed E-state index contributed by atoms with van der Waals surface area (Å²) in [6.45, 7) is 13.9. The maximum absolute atomic E-state index is 7.45. The minimum Gasteiger partial charge on any atom is -0.456 e. The molecule has 16 aromatic rings. The summed E-state index contributed by atoms with van der Waals surface area (Å²) in [5.41, 5.74) is 30.0. The molecule has 98 heavy (non-hydrogen) atoms. The third kappa shape index (κ3) is 8.80. The number of anilines is 6. The fourth-order valence-electron chi connectivity index (χ4n) is 16.4. The summed E-state index contributed by atoms with van der Waals surface area (Å²) < 4.78 is 12.5. The fraction of sp³-hybridized carbons (Fsp3) is 0.0870. The summed E-state index contributed by atoms with van der Waals surface area (Å²) in [6, 6.07) is 116. The molecular formula is C92H69BN4O. The van der Waals surface area contributed by atoms with Crippen LogP contribution in [0.2, 0.25) is 0 Å². The van der Waals surface area contributed by atoms with E-state index in [1.54, 1.807) is 0 Å². The Bertz CT molecular complexity index is 5780. The van der Waals surface area contributed by atoms with Crippen LogP contribution in [-0.4, -0.2) is 15.8 Å². The molecule has 0 saturated carbocycles. The maximum Gasteiger partial charge on any atom is 0.252 e. The highest BCUT2D eigenvalue weighted by atomic mass is 16.5. The summed E-state index contributed by atoms with van der Waals surface area (Å²) in [7, 11) is 0. The molecule has 0 saturated heterocycles. The third-order valence-electron chi connectivity index (χ3n) is 21.0. The van der Waals surface area contributed by atoms with Gasteiger partial charge in [-0.25, -0.2) is 0 Å². The van der Waals surface area contributed by atoms with Crippen LogP contribution < -0.4 is 30.9 Å². The van der Waals surface area contributed by atoms with Crippen molar-refractivity contribution in [3.05, 3.63) is 321 Å². The first-order valence-corrected chi connectivity index (χ1v) is 34.3. The fourth-order valence-corrected chi connectivity index (χ4v) is 16.4. The lowest BCUT2D eigenvalue weighted by Crippen LogP contribution is -2.62. The first kappa shape index (κ1) is 57.6. The molecule has 0 unspecified atom stereocenters. The number of aromatic nitrogens is 2. The second-order valence-electron chi connectivity index (χ2n) is 28.8. The molecule has 0 N–H and O–H groups in total. The van der Waals surface area contributed by atoms with Gasteiger partial charge in [0.25, 0.3) is 6.71 Å². The molecule has 0 amide bonds. The molecule has 14 aromatic carbocycles. The third-order valence-corrected chi connectivity index (χ3v) is 21.0. The van der Waals surface area contributed by atoms with Gasteiger partial charge in [-0.2, -0.15) is 0 Å². The molecule has 6 heteroatoms. The Balaban J connectivity index is 1.06. The van der Waals surface area contributed by atoms with Gasteiger partial charge < -0.3 is 23.7 Å². The Morgan fingerprint density at radius 1 is 0.276 bits per heavy atom. The van der Waals surface area contributed by atoms with Gasteiger partial charge in [-0.15, -0.1) is 0 Å². The molecule has 19 rings (SSSR count). The highest BCUT2D eigenvalue weighted by Crippen LogP contribution is 2.58. The summed E-state index contributed by atoms with van der Waals surface area (Å²) >= 11 is 0. The van der Waals surface area contributed by atoms with E-state index in [2.05, 4.69) is 370 Å². The van der Waals surface area contributed by atoms with Crippen LogP contribution in [0.3, 0.4) is 0 Å². The van der Waals surface area contributed by atoms with Gasteiger partial charge >= 0.3 is 0 Å². The lowest BCUT2D eigenvalue weighted by atomic mass is 9.33. The molecule has 2 aromatic heterocycles. The van der Waals surface area contributed by atoms with Crippen LogP contribution >= 0.6 is 0 Å². The maximum atomic E-state index is 7.45. The number of para-hydroxylation sites is 7. The molecule has 3 aliphatic rings. The van der Waals surface area contributed by atoms with Crippen molar-refractivity contribution in [2.24, 2.45) is 0 Å². The van der Waals surface area contributed by atoms with Crippen LogP contribution in [-0.2, 0) is 10.8 Å². The summed E-state index contributed by atoms with van der Waals surface area (Å²) in [4.78, 5) is 5.44. The van der Waals surface area contributed by atoms with Crippen LogP contribution in [0.4, 0.5) is 34.1 Å². The van der Waals surface area contributed by atoms with Gasteiger partial charge in [0.1, 0.15) is 11.5 Å². The van der Waals surface area contributed by atoms with Crippen molar-refractivity contribution in [3.63, 3.8) is 0 Å². The molecular weight excluding hydrogens is 1190 g/mol. The SMILES string of the molecule is CC(C)(C)c1cc2c3c(c1)-c1ccccc1Oc1ccccc1-c1cccc(-c4ccccc4)c1N3c1cc(-n3c4ccccc4c4ccccc43)cc3c1B2c1ccc(-n2c4ccccc4c4ccccc42)cc1N3c1c(-c2ccccc2)cc(C(C)(C)C)cc1-c1ccccc1. The van der Waals surface area contributed by atoms with E-state index in [1.807, 2.05) is 0 Å². The minimum atomic E-state index is -0.303. The van der Waals surface area contributed by atoms with Crippen molar-refractivity contribution in [2.45, 2.75) is 52.4 Å². The largest absolute Gasteiger partial charge is 0.456 e. The summed E-state index contributed by atoms with van der Waals surface area (Å²) in [5.74, 6) is 1.59. The van der Waals surface area contributed by atoms with Gasteiger partial charge in [0, 0.05) is 88.9 Å². The monoisotopic (exact) mass is 1260 g/mol. The molecule has 3 aliphatic heterocycles. The average Bonchev–Trinajstić information content (AvgIpc) is 0.780. The van der Waals surface area contributed by atoms with E-state index in [-0.39, 0.29) is 17.5 Å². The second-order valence-corrected chi connectivity index (χ2v) is 28.8. The second kappa shape index (κ2) is 21.8. The molecule has 0 atom stereocenters. The highest BCUT2D eigenvalue weighted by Gasteiger charge is 2.48. The first-order valence-electron chi connectivity index (χ1n) is 34.3. The predicted octanol–water partition coefficient (Wildman–Crippen LogP) is 23.0. The number of benzene rings is 14. The Hall–Kier alpha value is -11.9. The Labute approximate surface area is 572 Å². The molecule has 5 heterocycles. The van der Waals surface area contributed by atoms with Crippen molar-refractivity contribution in [1.29, 1.82) is 0 Å². The van der Waals surface area contributed by atoms with E-state index in [1.165, 1.54) is 49.1 Å². The van der Waals surface area contributed by atoms with Crippen LogP contribution in [0.15, 0.2) is 309 Å².